The van der Waals surface area contributed by atoms with Crippen molar-refractivity contribution >= 4 is 33.8 Å². The van der Waals surface area contributed by atoms with Crippen molar-refractivity contribution in [3.63, 3.8) is 0 Å². The highest BCUT2D eigenvalue weighted by atomic mass is 15.1. The van der Waals surface area contributed by atoms with Gasteiger partial charge in [-0.1, -0.05) is 170 Å². The summed E-state index contributed by atoms with van der Waals surface area (Å²) in [5.41, 5.74) is 25.8. The molecule has 0 bridgehead atoms. The van der Waals surface area contributed by atoms with Gasteiger partial charge < -0.3 is 10.6 Å². The van der Waals surface area contributed by atoms with Crippen molar-refractivity contribution < 1.29 is 0 Å². The van der Waals surface area contributed by atoms with Gasteiger partial charge in [0.15, 0.2) is 0 Å². The minimum atomic E-state index is -0.505. The van der Waals surface area contributed by atoms with E-state index in [-0.39, 0.29) is 0 Å². The normalized spacial score (nSPS) is 16.0. The Labute approximate surface area is 335 Å². The Balaban J connectivity index is 0.000000548. The Hall–Kier alpha value is -7.38. The van der Waals surface area contributed by atoms with Gasteiger partial charge in [0.2, 0.25) is 0 Å². The summed E-state index contributed by atoms with van der Waals surface area (Å²) in [6, 6.07) is 66.5. The zero-order chi connectivity index (χ0) is 38.6. The first-order valence-electron chi connectivity index (χ1n) is 19.4. The number of hydrogen-bond acceptors (Lipinski definition) is 2. The van der Waals surface area contributed by atoms with Crippen LogP contribution in [0.2, 0.25) is 0 Å². The van der Waals surface area contributed by atoms with Gasteiger partial charge in [0.25, 0.3) is 0 Å². The van der Waals surface area contributed by atoms with Gasteiger partial charge >= 0.3 is 0 Å². The molecule has 0 saturated carbocycles. The molecule has 10 rings (SSSR count). The van der Waals surface area contributed by atoms with E-state index >= 15 is 0 Å². The molecular weight excluding hydrogens is 689 g/mol. The topological polar surface area (TPSA) is 29.3 Å². The number of fused-ring (bicyclic) bond motifs is 3. The second kappa shape index (κ2) is 15.4. The largest absolute Gasteiger partial charge is 0.399 e. The van der Waals surface area contributed by atoms with Crippen molar-refractivity contribution in [2.75, 3.05) is 10.6 Å². The van der Waals surface area contributed by atoms with E-state index in [1.807, 2.05) is 30.3 Å². The van der Waals surface area contributed by atoms with Crippen LogP contribution in [-0.4, -0.2) is 0 Å². The fraction of sp³-hybridized carbons (Fsp3) is 0.0364. The van der Waals surface area contributed by atoms with E-state index in [2.05, 4.69) is 205 Å². The van der Waals surface area contributed by atoms with Crippen LogP contribution in [0.25, 0.3) is 16.7 Å². The highest BCUT2D eigenvalue weighted by molar-refractivity contribution is 5.99. The molecule has 0 atom stereocenters. The van der Waals surface area contributed by atoms with Crippen molar-refractivity contribution in [3.05, 3.63) is 281 Å². The lowest BCUT2D eigenvalue weighted by atomic mass is 9.66. The molecule has 7 aromatic carbocycles. The average molecular weight is 731 g/mol. The molecule has 0 unspecified atom stereocenters. The molecule has 0 saturated heterocycles. The first kappa shape index (κ1) is 35.3. The Morgan fingerprint density at radius 2 is 1.16 bits per heavy atom. The highest BCUT2D eigenvalue weighted by Gasteiger charge is 2.48. The number of nitrogens with two attached hydrogens (primary N) is 1. The zero-order valence-corrected chi connectivity index (χ0v) is 31.7. The summed E-state index contributed by atoms with van der Waals surface area (Å²) in [5.74, 6) is 0. The summed E-state index contributed by atoms with van der Waals surface area (Å²) >= 11 is 0. The standard InChI is InChI=1S/C49H35N.C6H7N/c1-35-28-29-39(38-19-8-3-9-20-38)34-50(42-25-14-18-37(31-42)30-36-16-6-2-7-17-36)48-33-47-45(32-44(35)48)43-26-15-27-46(43)49(47,40-21-10-4-11-22-40)41-23-12-5-13-24-41;7-6-4-2-1-3-5-6/h2-14,16-29,31-34H,1,30H2;1-5H,7H2/b29-28-,39-34+;. The van der Waals surface area contributed by atoms with E-state index in [0.717, 1.165) is 45.8 Å². The minimum Gasteiger partial charge on any atom is -0.399 e. The second-order valence-electron chi connectivity index (χ2n) is 14.6. The number of nitrogens with zero attached hydrogens (tertiary/aromatic N) is 1. The van der Waals surface area contributed by atoms with Gasteiger partial charge in [-0.25, -0.2) is 0 Å². The fourth-order valence-corrected chi connectivity index (χ4v) is 8.43. The Morgan fingerprint density at radius 3 is 1.79 bits per heavy atom. The van der Waals surface area contributed by atoms with Crippen molar-refractivity contribution in [1.82, 2.24) is 0 Å². The molecule has 0 spiro atoms. The Morgan fingerprint density at radius 1 is 0.561 bits per heavy atom. The predicted molar refractivity (Wildman–Crippen MR) is 240 cm³/mol. The maximum atomic E-state index is 5.36. The number of hydrogen-bond donors (Lipinski definition) is 1. The Kier molecular flexibility index (Phi) is 9.54. The Bertz CT molecular complexity index is 2690. The van der Waals surface area contributed by atoms with Gasteiger partial charge in [-0.15, -0.1) is 5.73 Å². The van der Waals surface area contributed by atoms with E-state index in [0.29, 0.717) is 0 Å². The van der Waals surface area contributed by atoms with Crippen molar-refractivity contribution in [3.8, 4) is 0 Å². The van der Waals surface area contributed by atoms with Crippen molar-refractivity contribution in [2.24, 2.45) is 0 Å². The molecule has 272 valence electrons. The minimum absolute atomic E-state index is 0.505. The number of benzene rings is 7. The van der Waals surface area contributed by atoms with Crippen LogP contribution < -0.4 is 10.6 Å². The molecule has 0 aromatic heterocycles. The summed E-state index contributed by atoms with van der Waals surface area (Å²) in [4.78, 5) is 2.39. The van der Waals surface area contributed by atoms with Crippen molar-refractivity contribution in [2.45, 2.75) is 11.8 Å². The van der Waals surface area contributed by atoms with Crippen LogP contribution in [0.1, 0.15) is 44.5 Å². The number of para-hydroxylation sites is 1. The van der Waals surface area contributed by atoms with Crippen LogP contribution in [0.4, 0.5) is 17.1 Å². The molecule has 1 heterocycles. The number of allylic oxidation sites excluding steroid dienone is 7. The highest BCUT2D eigenvalue weighted by Crippen LogP contribution is 2.58. The molecule has 57 heavy (non-hydrogen) atoms. The van der Waals surface area contributed by atoms with E-state index in [9.17, 15) is 0 Å². The molecular formula is C55H42N2. The lowest BCUT2D eigenvalue weighted by Crippen LogP contribution is -2.29. The third-order valence-electron chi connectivity index (χ3n) is 11.1. The lowest BCUT2D eigenvalue weighted by molar-refractivity contribution is 0.762. The first-order chi connectivity index (χ1) is 28.1. The van der Waals surface area contributed by atoms with Crippen LogP contribution in [0.3, 0.4) is 0 Å². The predicted octanol–water partition coefficient (Wildman–Crippen LogP) is 13.1. The summed E-state index contributed by atoms with van der Waals surface area (Å²) < 4.78 is 0. The van der Waals surface area contributed by atoms with Gasteiger partial charge in [0.05, 0.1) is 11.1 Å². The number of anilines is 3. The summed E-state index contributed by atoms with van der Waals surface area (Å²) in [7, 11) is 0. The van der Waals surface area contributed by atoms with Crippen LogP contribution >= 0.6 is 0 Å². The lowest BCUT2D eigenvalue weighted by Gasteiger charge is -2.36. The van der Waals surface area contributed by atoms with E-state index in [4.69, 9.17) is 5.73 Å². The summed E-state index contributed by atoms with van der Waals surface area (Å²) in [6.45, 7) is 4.66. The smallest absolute Gasteiger partial charge is 0.0720 e. The van der Waals surface area contributed by atoms with Gasteiger partial charge in [0.1, 0.15) is 0 Å². The van der Waals surface area contributed by atoms with Gasteiger partial charge in [-0.3, -0.25) is 0 Å². The first-order valence-corrected chi connectivity index (χ1v) is 19.4. The van der Waals surface area contributed by atoms with Crippen LogP contribution in [-0.2, 0) is 11.8 Å². The SMILES string of the molecule is C=C1/C=C\C(c2ccccc2)=C/N(c2cccc(Cc3ccccc3)c2)c2cc3c(cc21)C1=C(C=C=C1)C3(c1ccccc1)c1ccccc1.Nc1ccccc1. The molecule has 3 aliphatic rings. The van der Waals surface area contributed by atoms with Crippen LogP contribution in [0, 0.1) is 0 Å². The van der Waals surface area contributed by atoms with E-state index in [1.54, 1.807) is 0 Å². The van der Waals surface area contributed by atoms with Gasteiger partial charge in [-0.2, -0.15) is 0 Å². The summed E-state index contributed by atoms with van der Waals surface area (Å²) in [6.07, 6.45) is 11.9. The maximum absolute atomic E-state index is 5.36. The van der Waals surface area contributed by atoms with Gasteiger partial charge in [-0.05, 0) is 116 Å². The molecule has 2 heteroatoms. The third-order valence-corrected chi connectivity index (χ3v) is 11.1. The van der Waals surface area contributed by atoms with Gasteiger partial charge in [0, 0.05) is 23.1 Å². The monoisotopic (exact) mass is 730 g/mol. The van der Waals surface area contributed by atoms with Crippen LogP contribution in [0.5, 0.6) is 0 Å². The zero-order valence-electron chi connectivity index (χ0n) is 31.7. The second-order valence-corrected chi connectivity index (χ2v) is 14.6. The number of nitrogen functional groups attached to an aromatic ring is 1. The fourth-order valence-electron chi connectivity index (χ4n) is 8.43. The van der Waals surface area contributed by atoms with E-state index < -0.39 is 5.41 Å². The van der Waals surface area contributed by atoms with Crippen LogP contribution in [0.15, 0.2) is 236 Å². The molecule has 2 N–H and O–H groups in total. The molecule has 0 radical (unpaired) electrons. The summed E-state index contributed by atoms with van der Waals surface area (Å²) in [5, 5.41) is 0. The molecule has 7 aromatic rings. The molecule has 2 aliphatic carbocycles. The number of rotatable bonds is 6. The quantitative estimate of drug-likeness (QED) is 0.136. The molecule has 0 fully saturated rings. The van der Waals surface area contributed by atoms with E-state index in [1.165, 1.54) is 44.5 Å². The molecule has 1 aliphatic heterocycles. The average Bonchev–Trinajstić information content (AvgIpc) is 3.85. The maximum Gasteiger partial charge on any atom is 0.0720 e. The molecule has 0 amide bonds. The van der Waals surface area contributed by atoms with Crippen molar-refractivity contribution in [1.29, 1.82) is 0 Å². The third kappa shape index (κ3) is 6.70. The molecule has 2 nitrogen and oxygen atoms in total.